The summed E-state index contributed by atoms with van der Waals surface area (Å²) in [6, 6.07) is 20.4. The van der Waals surface area contributed by atoms with Gasteiger partial charge in [0.1, 0.15) is 16.4 Å². The van der Waals surface area contributed by atoms with Crippen molar-refractivity contribution in [1.29, 1.82) is 0 Å². The molecule has 0 bridgehead atoms. The predicted molar refractivity (Wildman–Crippen MR) is 151 cm³/mol. The molecule has 0 amide bonds. The fourth-order valence-electron chi connectivity index (χ4n) is 5.55. The normalized spacial score (nSPS) is 20.1. The minimum atomic E-state index is -1.10. The van der Waals surface area contributed by atoms with E-state index in [-0.39, 0.29) is 18.1 Å². The van der Waals surface area contributed by atoms with Gasteiger partial charge < -0.3 is 19.7 Å². The van der Waals surface area contributed by atoms with Gasteiger partial charge in [0.25, 0.3) is 0 Å². The Kier molecular flexibility index (Phi) is 6.20. The molecule has 2 aromatic heterocycles. The highest BCUT2D eigenvalue weighted by molar-refractivity contribution is 7.85. The Balaban J connectivity index is 1.14. The smallest absolute Gasteiger partial charge is 0.227 e. The molecular formula is C30H31N5O3S. The minimum Gasteiger partial charge on any atom is -0.440 e. The molecule has 7 rings (SSSR count). The van der Waals surface area contributed by atoms with E-state index in [9.17, 15) is 9.32 Å². The molecule has 39 heavy (non-hydrogen) atoms. The quantitative estimate of drug-likeness (QED) is 0.344. The standard InChI is InChI=1S/C30H31N5O3S/c36-19-30(14-15-30)34-27-26-23(13-18-39(26)37)31-29(33-27)35-16-11-22(12-17-35)28-32-24(20-7-3-1-4-8-20)25(38-28)21-9-5-2-6-10-21/h1-10,22,36H,11-19H2,(H,31,33,34)/t39-/m1/s1. The summed E-state index contributed by atoms with van der Waals surface area (Å²) in [4.78, 5) is 17.6. The number of oxazole rings is 1. The Morgan fingerprint density at radius 3 is 2.33 bits per heavy atom. The second-order valence-corrected chi connectivity index (χ2v) is 12.2. The van der Waals surface area contributed by atoms with Crippen LogP contribution in [0.25, 0.3) is 22.6 Å². The van der Waals surface area contributed by atoms with E-state index in [0.29, 0.717) is 23.9 Å². The molecule has 2 aromatic carbocycles. The molecule has 2 fully saturated rings. The van der Waals surface area contributed by atoms with Crippen LogP contribution in [0.1, 0.15) is 43.2 Å². The van der Waals surface area contributed by atoms with Gasteiger partial charge in [0.05, 0.1) is 28.6 Å². The van der Waals surface area contributed by atoms with Gasteiger partial charge in [0.15, 0.2) is 11.7 Å². The number of anilines is 2. The van der Waals surface area contributed by atoms with Crippen molar-refractivity contribution in [2.75, 3.05) is 35.7 Å². The van der Waals surface area contributed by atoms with E-state index in [4.69, 9.17) is 19.4 Å². The molecule has 200 valence electrons. The third kappa shape index (κ3) is 4.63. The third-order valence-corrected chi connectivity index (χ3v) is 9.53. The summed E-state index contributed by atoms with van der Waals surface area (Å²) in [5.41, 5.74) is 3.47. The van der Waals surface area contributed by atoms with Gasteiger partial charge in [-0.2, -0.15) is 4.98 Å². The molecule has 1 saturated heterocycles. The maximum atomic E-state index is 12.7. The first-order valence-corrected chi connectivity index (χ1v) is 15.0. The van der Waals surface area contributed by atoms with E-state index in [1.165, 1.54) is 0 Å². The van der Waals surface area contributed by atoms with Crippen LogP contribution in [0.15, 0.2) is 70.0 Å². The van der Waals surface area contributed by atoms with Crippen LogP contribution < -0.4 is 10.2 Å². The number of aliphatic hydroxyl groups is 1. The van der Waals surface area contributed by atoms with Crippen molar-refractivity contribution in [1.82, 2.24) is 15.0 Å². The second-order valence-electron chi connectivity index (χ2n) is 10.7. The zero-order chi connectivity index (χ0) is 26.4. The highest BCUT2D eigenvalue weighted by Crippen LogP contribution is 2.42. The fraction of sp³-hybridized carbons (Fsp3) is 0.367. The van der Waals surface area contributed by atoms with Crippen molar-refractivity contribution < 1.29 is 13.7 Å². The van der Waals surface area contributed by atoms with E-state index in [2.05, 4.69) is 34.5 Å². The molecule has 0 spiro atoms. The number of rotatable bonds is 7. The number of hydrogen-bond acceptors (Lipinski definition) is 8. The summed E-state index contributed by atoms with van der Waals surface area (Å²) in [5, 5.41) is 13.3. The van der Waals surface area contributed by atoms with Gasteiger partial charge in [-0.3, -0.25) is 4.21 Å². The zero-order valence-corrected chi connectivity index (χ0v) is 22.5. The Morgan fingerprint density at radius 2 is 1.67 bits per heavy atom. The summed E-state index contributed by atoms with van der Waals surface area (Å²) in [6.07, 6.45) is 4.22. The summed E-state index contributed by atoms with van der Waals surface area (Å²) >= 11 is 0. The first-order valence-electron chi connectivity index (χ1n) is 13.7. The lowest BCUT2D eigenvalue weighted by molar-refractivity contribution is 0.265. The molecule has 2 aliphatic heterocycles. The van der Waals surface area contributed by atoms with Gasteiger partial charge in [-0.05, 0) is 25.7 Å². The lowest BCUT2D eigenvalue weighted by atomic mass is 9.97. The van der Waals surface area contributed by atoms with Crippen LogP contribution in [0.4, 0.5) is 11.8 Å². The first kappa shape index (κ1) is 24.5. The molecule has 0 unspecified atom stereocenters. The lowest BCUT2D eigenvalue weighted by Crippen LogP contribution is -2.35. The van der Waals surface area contributed by atoms with Gasteiger partial charge in [-0.15, -0.1) is 0 Å². The van der Waals surface area contributed by atoms with Crippen molar-refractivity contribution in [2.45, 2.75) is 48.5 Å². The average molecular weight is 542 g/mol. The molecule has 0 radical (unpaired) electrons. The van der Waals surface area contributed by atoms with Crippen molar-refractivity contribution in [3.05, 3.63) is 72.2 Å². The molecule has 1 atom stereocenters. The van der Waals surface area contributed by atoms with Crippen LogP contribution >= 0.6 is 0 Å². The Hall–Kier alpha value is -3.56. The first-order chi connectivity index (χ1) is 19.1. The van der Waals surface area contributed by atoms with Gasteiger partial charge in [-0.1, -0.05) is 60.7 Å². The summed E-state index contributed by atoms with van der Waals surface area (Å²) in [7, 11) is -1.10. The number of nitrogens with zero attached hydrogens (tertiary/aromatic N) is 4. The molecule has 9 heteroatoms. The van der Waals surface area contributed by atoms with E-state index < -0.39 is 10.8 Å². The molecule has 2 N–H and O–H groups in total. The number of fused-ring (bicyclic) bond motifs is 1. The Bertz CT molecular complexity index is 1460. The number of aromatic nitrogens is 3. The number of hydrogen-bond donors (Lipinski definition) is 2. The predicted octanol–water partition coefficient (Wildman–Crippen LogP) is 4.78. The third-order valence-electron chi connectivity index (χ3n) is 8.07. The van der Waals surface area contributed by atoms with Gasteiger partial charge in [0, 0.05) is 42.3 Å². The monoisotopic (exact) mass is 541 g/mol. The number of benzene rings is 2. The largest absolute Gasteiger partial charge is 0.440 e. The molecule has 1 saturated carbocycles. The van der Waals surface area contributed by atoms with E-state index in [1.54, 1.807) is 0 Å². The lowest BCUT2D eigenvalue weighted by Gasteiger charge is -2.31. The summed E-state index contributed by atoms with van der Waals surface area (Å²) in [5.74, 6) is 3.66. The fourth-order valence-corrected chi connectivity index (χ4v) is 6.86. The number of nitrogens with one attached hydrogen (secondary N) is 1. The van der Waals surface area contributed by atoms with Crippen LogP contribution in [-0.2, 0) is 17.2 Å². The van der Waals surface area contributed by atoms with Crippen molar-refractivity contribution in [3.63, 3.8) is 0 Å². The zero-order valence-electron chi connectivity index (χ0n) is 21.7. The minimum absolute atomic E-state index is 0.0469. The second kappa shape index (κ2) is 9.88. The van der Waals surface area contributed by atoms with Crippen LogP contribution in [0.5, 0.6) is 0 Å². The van der Waals surface area contributed by atoms with Crippen molar-refractivity contribution in [2.24, 2.45) is 0 Å². The van der Waals surface area contributed by atoms with Gasteiger partial charge in [0.2, 0.25) is 5.95 Å². The van der Waals surface area contributed by atoms with E-state index in [0.717, 1.165) is 77.8 Å². The SMILES string of the molecule is O=[S@@]1CCc2nc(N3CCC(c4nc(-c5ccccc5)c(-c5ccccc5)o4)CC3)nc(NC3(CO)CC3)c21. The average Bonchev–Trinajstić information content (AvgIpc) is 3.44. The van der Waals surface area contributed by atoms with Crippen LogP contribution in [0.3, 0.4) is 0 Å². The summed E-state index contributed by atoms with van der Waals surface area (Å²) < 4.78 is 19.2. The molecule has 8 nitrogen and oxygen atoms in total. The molecule has 1 aliphatic carbocycles. The highest BCUT2D eigenvalue weighted by atomic mass is 32.2. The molecule has 4 aromatic rings. The highest BCUT2D eigenvalue weighted by Gasteiger charge is 2.44. The van der Waals surface area contributed by atoms with Gasteiger partial charge in [-0.25, -0.2) is 9.97 Å². The van der Waals surface area contributed by atoms with Crippen molar-refractivity contribution in [3.8, 4) is 22.6 Å². The van der Waals surface area contributed by atoms with Crippen LogP contribution in [0.2, 0.25) is 0 Å². The number of piperidine rings is 1. The van der Waals surface area contributed by atoms with E-state index >= 15 is 0 Å². The maximum Gasteiger partial charge on any atom is 0.227 e. The molecule has 4 heterocycles. The Morgan fingerprint density at radius 1 is 0.974 bits per heavy atom. The van der Waals surface area contributed by atoms with Crippen molar-refractivity contribution >= 4 is 22.6 Å². The molecular weight excluding hydrogens is 510 g/mol. The Labute approximate surface area is 230 Å². The molecule has 3 aliphatic rings. The van der Waals surface area contributed by atoms with Crippen LogP contribution in [0, 0.1) is 0 Å². The summed E-state index contributed by atoms with van der Waals surface area (Å²) in [6.45, 7) is 1.60. The van der Waals surface area contributed by atoms with Gasteiger partial charge >= 0.3 is 0 Å². The maximum absolute atomic E-state index is 12.7. The number of aryl methyl sites for hydroxylation is 1. The number of aliphatic hydroxyl groups excluding tert-OH is 1. The topological polar surface area (TPSA) is 104 Å². The van der Waals surface area contributed by atoms with E-state index in [1.807, 2.05) is 36.4 Å². The van der Waals surface area contributed by atoms with Crippen LogP contribution in [-0.4, -0.2) is 55.3 Å².